The molecule has 0 fully saturated rings. The zero-order valence-corrected chi connectivity index (χ0v) is 7.05. The van der Waals surface area contributed by atoms with Gasteiger partial charge in [-0.05, 0) is 0 Å². The fraction of sp³-hybridized carbons (Fsp3) is 0.143. The Morgan fingerprint density at radius 1 is 1.53 bits per heavy atom. The maximum absolute atomic E-state index is 11.9. The molecule has 0 saturated heterocycles. The molecule has 5 nitrogen and oxygen atoms in total. The molecular weight excluding hydrogens is 215 g/mol. The van der Waals surface area contributed by atoms with Crippen LogP contribution in [0.2, 0.25) is 0 Å². The number of alkyl halides is 3. The molecule has 0 spiro atoms. The molecule has 0 radical (unpaired) electrons. The Morgan fingerprint density at radius 3 is 2.60 bits per heavy atom. The van der Waals surface area contributed by atoms with Crippen LogP contribution in [0.5, 0.6) is 5.75 Å². The number of nitriles is 1. The molecule has 1 rings (SSSR count). The number of hydrogen-bond acceptors (Lipinski definition) is 4. The van der Waals surface area contributed by atoms with Crippen LogP contribution in [0.25, 0.3) is 0 Å². The van der Waals surface area contributed by atoms with Crippen molar-refractivity contribution >= 4 is 5.69 Å². The first-order chi connectivity index (χ1) is 6.85. The van der Waals surface area contributed by atoms with E-state index in [9.17, 15) is 18.0 Å². The molecule has 0 atom stereocenters. The molecule has 0 amide bonds. The second kappa shape index (κ2) is 3.53. The van der Waals surface area contributed by atoms with E-state index in [0.29, 0.717) is 0 Å². The summed E-state index contributed by atoms with van der Waals surface area (Å²) in [6.45, 7) is 0. The monoisotopic (exact) mass is 219 g/mol. The molecule has 1 heterocycles. The lowest BCUT2D eigenvalue weighted by atomic mass is 10.2. The van der Waals surface area contributed by atoms with E-state index in [-0.39, 0.29) is 0 Å². The Bertz CT molecular complexity index is 472. The van der Waals surface area contributed by atoms with Crippen LogP contribution >= 0.6 is 0 Å². The first kappa shape index (κ1) is 10.9. The van der Waals surface area contributed by atoms with Gasteiger partial charge >= 0.3 is 6.36 Å². The van der Waals surface area contributed by atoms with Gasteiger partial charge in [-0.15, -0.1) is 13.2 Å². The molecule has 15 heavy (non-hydrogen) atoms. The van der Waals surface area contributed by atoms with E-state index in [1.165, 1.54) is 6.07 Å². The van der Waals surface area contributed by atoms with Crippen molar-refractivity contribution in [3.63, 3.8) is 0 Å². The lowest BCUT2D eigenvalue weighted by molar-refractivity contribution is -0.274. The number of nitrogens with zero attached hydrogens (tertiary/aromatic N) is 1. The Labute approximate surface area is 80.9 Å². The van der Waals surface area contributed by atoms with Crippen LogP contribution in [0.3, 0.4) is 0 Å². The number of pyridine rings is 1. The summed E-state index contributed by atoms with van der Waals surface area (Å²) in [6.07, 6.45) is -4.18. The standard InChI is InChI=1S/C7H4F3N3O2/c8-7(9,10)15-5-3(1-11)6(14)13-2-4(5)12/h2H,12H2,(H,13,14). The SMILES string of the molecule is N#Cc1c(OC(F)(F)F)c(N)c[nH]c1=O. The van der Waals surface area contributed by atoms with Crippen molar-refractivity contribution in [1.82, 2.24) is 4.98 Å². The van der Waals surface area contributed by atoms with Gasteiger partial charge in [0, 0.05) is 6.20 Å². The Kier molecular flexibility index (Phi) is 2.57. The highest BCUT2D eigenvalue weighted by molar-refractivity contribution is 5.58. The van der Waals surface area contributed by atoms with E-state index in [0.717, 1.165) is 6.20 Å². The van der Waals surface area contributed by atoms with E-state index >= 15 is 0 Å². The van der Waals surface area contributed by atoms with Gasteiger partial charge in [0.2, 0.25) is 0 Å². The van der Waals surface area contributed by atoms with E-state index in [4.69, 9.17) is 11.0 Å². The summed E-state index contributed by atoms with van der Waals surface area (Å²) in [5, 5.41) is 8.45. The largest absolute Gasteiger partial charge is 0.573 e. The van der Waals surface area contributed by atoms with Crippen molar-refractivity contribution in [2.45, 2.75) is 6.36 Å². The molecular formula is C7H4F3N3O2. The number of H-pyrrole nitrogens is 1. The number of nitrogens with two attached hydrogens (primary N) is 1. The quantitative estimate of drug-likeness (QED) is 0.728. The highest BCUT2D eigenvalue weighted by Gasteiger charge is 2.33. The molecule has 1 aromatic rings. The molecule has 8 heteroatoms. The molecule has 0 unspecified atom stereocenters. The fourth-order valence-corrected chi connectivity index (χ4v) is 0.856. The average molecular weight is 219 g/mol. The molecule has 0 aliphatic carbocycles. The number of rotatable bonds is 1. The third kappa shape index (κ3) is 2.40. The average Bonchev–Trinajstić information content (AvgIpc) is 2.10. The Morgan fingerprint density at radius 2 is 2.13 bits per heavy atom. The van der Waals surface area contributed by atoms with Crippen LogP contribution in [0.1, 0.15) is 5.56 Å². The van der Waals surface area contributed by atoms with Crippen LogP contribution < -0.4 is 16.0 Å². The smallest absolute Gasteiger partial charge is 0.402 e. The Hall–Kier alpha value is -2.17. The van der Waals surface area contributed by atoms with Gasteiger partial charge in [0.05, 0.1) is 5.69 Å². The number of ether oxygens (including phenoxy) is 1. The van der Waals surface area contributed by atoms with Gasteiger partial charge in [0.25, 0.3) is 5.56 Å². The second-order valence-corrected chi connectivity index (χ2v) is 2.44. The van der Waals surface area contributed by atoms with Crippen LogP contribution in [-0.4, -0.2) is 11.3 Å². The topological polar surface area (TPSA) is 91.9 Å². The molecule has 3 N–H and O–H groups in total. The maximum Gasteiger partial charge on any atom is 0.573 e. The number of anilines is 1. The third-order valence-corrected chi connectivity index (χ3v) is 1.40. The molecule has 1 aromatic heterocycles. The highest BCUT2D eigenvalue weighted by Crippen LogP contribution is 2.28. The fourth-order valence-electron chi connectivity index (χ4n) is 0.856. The van der Waals surface area contributed by atoms with Crippen LogP contribution in [0, 0.1) is 11.3 Å². The molecule has 0 saturated carbocycles. The first-order valence-corrected chi connectivity index (χ1v) is 3.52. The van der Waals surface area contributed by atoms with E-state index in [1.807, 2.05) is 4.98 Å². The number of nitrogen functional groups attached to an aromatic ring is 1. The zero-order chi connectivity index (χ0) is 11.6. The van der Waals surface area contributed by atoms with Crippen molar-refractivity contribution in [3.8, 4) is 11.8 Å². The zero-order valence-electron chi connectivity index (χ0n) is 7.05. The van der Waals surface area contributed by atoms with Crippen LogP contribution in [0.15, 0.2) is 11.0 Å². The predicted octanol–water partition coefficient (Wildman–Crippen LogP) is 0.727. The lowest BCUT2D eigenvalue weighted by Gasteiger charge is -2.11. The molecule has 0 bridgehead atoms. The summed E-state index contributed by atoms with van der Waals surface area (Å²) in [6, 6.07) is 1.28. The summed E-state index contributed by atoms with van der Waals surface area (Å²) in [5.74, 6) is -0.978. The summed E-state index contributed by atoms with van der Waals surface area (Å²) in [5.41, 5.74) is 2.85. The van der Waals surface area contributed by atoms with E-state index in [1.54, 1.807) is 0 Å². The van der Waals surface area contributed by atoms with Crippen molar-refractivity contribution < 1.29 is 17.9 Å². The molecule has 80 valence electrons. The van der Waals surface area contributed by atoms with Gasteiger partial charge in [-0.2, -0.15) is 5.26 Å². The van der Waals surface area contributed by atoms with Gasteiger partial charge in [-0.1, -0.05) is 0 Å². The predicted molar refractivity (Wildman–Crippen MR) is 42.9 cm³/mol. The minimum absolute atomic E-state index is 0.469. The summed E-state index contributed by atoms with van der Waals surface area (Å²) < 4.78 is 39.1. The number of aromatic amines is 1. The van der Waals surface area contributed by atoms with E-state index in [2.05, 4.69) is 4.74 Å². The molecule has 0 aromatic carbocycles. The number of nitrogens with one attached hydrogen (secondary N) is 1. The summed E-state index contributed by atoms with van der Waals surface area (Å²) >= 11 is 0. The number of hydrogen-bond donors (Lipinski definition) is 2. The van der Waals surface area contributed by atoms with Crippen LogP contribution in [-0.2, 0) is 0 Å². The second-order valence-electron chi connectivity index (χ2n) is 2.44. The summed E-state index contributed by atoms with van der Waals surface area (Å²) in [7, 11) is 0. The van der Waals surface area contributed by atoms with Crippen molar-refractivity contribution in [1.29, 1.82) is 5.26 Å². The van der Waals surface area contributed by atoms with Crippen LogP contribution in [0.4, 0.5) is 18.9 Å². The van der Waals surface area contributed by atoms with E-state index < -0.39 is 28.9 Å². The normalized spacial score (nSPS) is 10.8. The molecule has 0 aliphatic heterocycles. The Balaban J connectivity index is 3.34. The van der Waals surface area contributed by atoms with Gasteiger partial charge < -0.3 is 15.5 Å². The van der Waals surface area contributed by atoms with Gasteiger partial charge in [0.15, 0.2) is 11.3 Å². The highest BCUT2D eigenvalue weighted by atomic mass is 19.4. The van der Waals surface area contributed by atoms with Crippen molar-refractivity contribution in [2.24, 2.45) is 0 Å². The third-order valence-electron chi connectivity index (χ3n) is 1.40. The van der Waals surface area contributed by atoms with Crippen molar-refractivity contribution in [3.05, 3.63) is 22.1 Å². The minimum Gasteiger partial charge on any atom is -0.402 e. The first-order valence-electron chi connectivity index (χ1n) is 3.52. The van der Waals surface area contributed by atoms with Gasteiger partial charge in [0.1, 0.15) is 6.07 Å². The van der Waals surface area contributed by atoms with Crippen molar-refractivity contribution in [2.75, 3.05) is 5.73 Å². The summed E-state index contributed by atoms with van der Waals surface area (Å²) in [4.78, 5) is 12.9. The van der Waals surface area contributed by atoms with Gasteiger partial charge in [-0.25, -0.2) is 0 Å². The lowest BCUT2D eigenvalue weighted by Crippen LogP contribution is -2.22. The van der Waals surface area contributed by atoms with Gasteiger partial charge in [-0.3, -0.25) is 4.79 Å². The number of aromatic nitrogens is 1. The minimum atomic E-state index is -5.01. The number of halogens is 3. The molecule has 0 aliphatic rings. The maximum atomic E-state index is 11.9.